The number of aromatic nitrogens is 2. The number of hydrazine groups is 1. The normalized spacial score (nSPS) is 24.4. The van der Waals surface area contributed by atoms with E-state index in [2.05, 4.69) is 20.7 Å². The van der Waals surface area contributed by atoms with E-state index >= 15 is 0 Å². The molecule has 0 aliphatic heterocycles. The minimum atomic E-state index is -0.108. The second kappa shape index (κ2) is 4.41. The second-order valence-electron chi connectivity index (χ2n) is 3.78. The van der Waals surface area contributed by atoms with E-state index in [4.69, 9.17) is 10.9 Å². The summed E-state index contributed by atoms with van der Waals surface area (Å²) in [5.41, 5.74) is 2.39. The van der Waals surface area contributed by atoms with Crippen LogP contribution in [0.25, 0.3) is 0 Å². The number of anilines is 2. The summed E-state index contributed by atoms with van der Waals surface area (Å²) in [5, 5.41) is 12.3. The summed E-state index contributed by atoms with van der Waals surface area (Å²) < 4.78 is 0. The van der Waals surface area contributed by atoms with Crippen LogP contribution in [0.1, 0.15) is 12.8 Å². The Morgan fingerprint density at radius 2 is 2.33 bits per heavy atom. The van der Waals surface area contributed by atoms with Crippen LogP contribution in [0, 0.1) is 5.92 Å². The molecule has 1 heterocycles. The number of hydrogen-bond donors (Lipinski definition) is 4. The Labute approximate surface area is 87.9 Å². The largest absolute Gasteiger partial charge is 0.393 e. The third kappa shape index (κ3) is 2.54. The van der Waals surface area contributed by atoms with E-state index in [0.717, 1.165) is 25.2 Å². The van der Waals surface area contributed by atoms with E-state index < -0.39 is 0 Å². The molecule has 0 atom stereocenters. The molecule has 15 heavy (non-hydrogen) atoms. The van der Waals surface area contributed by atoms with E-state index in [-0.39, 0.29) is 6.10 Å². The topological polar surface area (TPSA) is 96.1 Å². The van der Waals surface area contributed by atoms with E-state index in [1.807, 2.05) is 0 Å². The minimum Gasteiger partial charge on any atom is -0.393 e. The summed E-state index contributed by atoms with van der Waals surface area (Å²) in [6, 6.07) is 1.79. The molecule has 0 amide bonds. The highest BCUT2D eigenvalue weighted by atomic mass is 16.3. The van der Waals surface area contributed by atoms with Gasteiger partial charge in [-0.25, -0.2) is 10.8 Å². The van der Waals surface area contributed by atoms with E-state index in [1.54, 1.807) is 12.3 Å². The molecule has 1 aromatic heterocycles. The van der Waals surface area contributed by atoms with Gasteiger partial charge in [-0.3, -0.25) is 5.43 Å². The fourth-order valence-electron chi connectivity index (χ4n) is 1.64. The van der Waals surface area contributed by atoms with Crippen molar-refractivity contribution in [2.45, 2.75) is 18.9 Å². The summed E-state index contributed by atoms with van der Waals surface area (Å²) in [6.07, 6.45) is 3.28. The number of nitrogen functional groups attached to an aromatic ring is 1. The second-order valence-corrected chi connectivity index (χ2v) is 3.78. The summed E-state index contributed by atoms with van der Waals surface area (Å²) in [6.45, 7) is 0.831. The van der Waals surface area contributed by atoms with Crippen molar-refractivity contribution in [3.63, 3.8) is 0 Å². The molecule has 5 N–H and O–H groups in total. The number of nitrogens with zero attached hydrogens (tertiary/aromatic N) is 2. The van der Waals surface area contributed by atoms with Crippen molar-refractivity contribution in [1.82, 2.24) is 9.97 Å². The lowest BCUT2D eigenvalue weighted by atomic mass is 9.82. The van der Waals surface area contributed by atoms with Crippen LogP contribution in [-0.2, 0) is 0 Å². The molecule has 2 rings (SSSR count). The van der Waals surface area contributed by atoms with E-state index in [9.17, 15) is 0 Å². The first-order valence-electron chi connectivity index (χ1n) is 4.99. The maximum absolute atomic E-state index is 9.12. The Balaban J connectivity index is 1.82. The number of hydrogen-bond acceptors (Lipinski definition) is 6. The van der Waals surface area contributed by atoms with Gasteiger partial charge in [-0.15, -0.1) is 0 Å². The van der Waals surface area contributed by atoms with Crippen LogP contribution in [0.2, 0.25) is 0 Å². The molecular weight excluding hydrogens is 194 g/mol. The van der Waals surface area contributed by atoms with Gasteiger partial charge in [0.2, 0.25) is 5.95 Å². The Kier molecular flexibility index (Phi) is 2.98. The molecule has 82 valence electrons. The van der Waals surface area contributed by atoms with Crippen LogP contribution in [-0.4, -0.2) is 27.7 Å². The van der Waals surface area contributed by atoms with Crippen LogP contribution >= 0.6 is 0 Å². The molecule has 0 saturated heterocycles. The van der Waals surface area contributed by atoms with Crippen LogP contribution in [0.5, 0.6) is 0 Å². The zero-order valence-electron chi connectivity index (χ0n) is 8.35. The Morgan fingerprint density at radius 1 is 1.53 bits per heavy atom. The van der Waals surface area contributed by atoms with Gasteiger partial charge in [0.25, 0.3) is 0 Å². The number of nitrogens with one attached hydrogen (secondary N) is 2. The summed E-state index contributed by atoms with van der Waals surface area (Å²) in [5.74, 6) is 6.89. The monoisotopic (exact) mass is 209 g/mol. The third-order valence-electron chi connectivity index (χ3n) is 2.57. The zero-order chi connectivity index (χ0) is 10.7. The highest BCUT2D eigenvalue weighted by Crippen LogP contribution is 2.26. The van der Waals surface area contributed by atoms with Crippen molar-refractivity contribution < 1.29 is 5.11 Å². The van der Waals surface area contributed by atoms with Crippen molar-refractivity contribution in [2.75, 3.05) is 17.3 Å². The molecule has 0 spiro atoms. The van der Waals surface area contributed by atoms with Crippen LogP contribution in [0.3, 0.4) is 0 Å². The quantitative estimate of drug-likeness (QED) is 0.410. The highest BCUT2D eigenvalue weighted by molar-refractivity contribution is 5.38. The molecule has 1 aromatic rings. The first kappa shape index (κ1) is 10.1. The van der Waals surface area contributed by atoms with Crippen molar-refractivity contribution >= 4 is 11.8 Å². The number of nitrogens with two attached hydrogens (primary N) is 1. The van der Waals surface area contributed by atoms with E-state index in [1.165, 1.54) is 0 Å². The zero-order valence-corrected chi connectivity index (χ0v) is 8.35. The van der Waals surface area contributed by atoms with Gasteiger partial charge in [-0.05, 0) is 24.8 Å². The molecular formula is C9H15N5O. The summed E-state index contributed by atoms with van der Waals surface area (Å²) >= 11 is 0. The third-order valence-corrected chi connectivity index (χ3v) is 2.57. The lowest BCUT2D eigenvalue weighted by molar-refractivity contribution is 0.0486. The first-order valence-corrected chi connectivity index (χ1v) is 4.99. The maximum atomic E-state index is 9.12. The van der Waals surface area contributed by atoms with E-state index in [0.29, 0.717) is 11.9 Å². The Hall–Kier alpha value is -1.40. The molecule has 1 aliphatic carbocycles. The molecule has 0 bridgehead atoms. The van der Waals surface area contributed by atoms with Gasteiger partial charge in [-0.2, -0.15) is 4.98 Å². The molecule has 0 aromatic carbocycles. The van der Waals surface area contributed by atoms with Gasteiger partial charge in [-0.1, -0.05) is 0 Å². The summed E-state index contributed by atoms with van der Waals surface area (Å²) in [7, 11) is 0. The highest BCUT2D eigenvalue weighted by Gasteiger charge is 2.26. The Morgan fingerprint density at radius 3 is 3.00 bits per heavy atom. The minimum absolute atomic E-state index is 0.108. The molecule has 1 saturated carbocycles. The Bertz CT molecular complexity index is 326. The fraction of sp³-hybridized carbons (Fsp3) is 0.556. The predicted octanol–water partition coefficient (Wildman–Crippen LogP) is -0.0550. The number of rotatable bonds is 4. The fourth-order valence-corrected chi connectivity index (χ4v) is 1.64. The average Bonchev–Trinajstić information content (AvgIpc) is 2.23. The van der Waals surface area contributed by atoms with Gasteiger partial charge in [0.1, 0.15) is 5.82 Å². The molecule has 0 unspecified atom stereocenters. The molecule has 1 aliphatic rings. The van der Waals surface area contributed by atoms with Gasteiger partial charge in [0.05, 0.1) is 6.10 Å². The predicted molar refractivity (Wildman–Crippen MR) is 57.1 cm³/mol. The standard InChI is InChI=1S/C9H15N5O/c10-14-9-11-2-1-8(13-9)12-5-6-3-7(15)4-6/h1-2,6-7,15H,3-5,10H2,(H2,11,12,13,14). The van der Waals surface area contributed by atoms with Gasteiger partial charge in [0, 0.05) is 12.7 Å². The van der Waals surface area contributed by atoms with Crippen LogP contribution in [0.15, 0.2) is 12.3 Å². The molecule has 1 fully saturated rings. The van der Waals surface area contributed by atoms with Gasteiger partial charge in [0.15, 0.2) is 0 Å². The SMILES string of the molecule is NNc1nccc(NCC2CC(O)C2)n1. The van der Waals surface area contributed by atoms with Crippen LogP contribution in [0.4, 0.5) is 11.8 Å². The lowest BCUT2D eigenvalue weighted by Gasteiger charge is -2.31. The lowest BCUT2D eigenvalue weighted by Crippen LogP contribution is -2.33. The van der Waals surface area contributed by atoms with Crippen molar-refractivity contribution in [2.24, 2.45) is 11.8 Å². The molecule has 6 heteroatoms. The average molecular weight is 209 g/mol. The van der Waals surface area contributed by atoms with Gasteiger partial charge < -0.3 is 10.4 Å². The van der Waals surface area contributed by atoms with Crippen LogP contribution < -0.4 is 16.6 Å². The van der Waals surface area contributed by atoms with Crippen molar-refractivity contribution in [3.8, 4) is 0 Å². The number of aliphatic hydroxyl groups excluding tert-OH is 1. The number of aliphatic hydroxyl groups is 1. The molecule has 6 nitrogen and oxygen atoms in total. The van der Waals surface area contributed by atoms with Crippen molar-refractivity contribution in [3.05, 3.63) is 12.3 Å². The summed E-state index contributed by atoms with van der Waals surface area (Å²) in [4.78, 5) is 8.02. The van der Waals surface area contributed by atoms with Crippen molar-refractivity contribution in [1.29, 1.82) is 0 Å². The van der Waals surface area contributed by atoms with Gasteiger partial charge >= 0.3 is 0 Å². The first-order chi connectivity index (χ1) is 7.28. The smallest absolute Gasteiger partial charge is 0.239 e. The maximum Gasteiger partial charge on any atom is 0.239 e. The molecule has 0 radical (unpaired) electrons.